The van der Waals surface area contributed by atoms with Crippen LogP contribution in [-0.4, -0.2) is 29.0 Å². The first-order valence-corrected chi connectivity index (χ1v) is 11.9. The molecule has 3 N–H and O–H groups in total. The maximum atomic E-state index is 13.8. The molecule has 184 valence electrons. The third kappa shape index (κ3) is 6.50. The van der Waals surface area contributed by atoms with Crippen LogP contribution in [-0.2, 0) is 6.61 Å². The maximum Gasteiger partial charge on any atom is 0.319 e. The van der Waals surface area contributed by atoms with Gasteiger partial charge in [0.05, 0.1) is 11.7 Å². The van der Waals surface area contributed by atoms with E-state index >= 15 is 0 Å². The molecule has 0 aliphatic heterocycles. The predicted molar refractivity (Wildman–Crippen MR) is 125 cm³/mol. The first-order valence-electron chi connectivity index (χ1n) is 11.0. The van der Waals surface area contributed by atoms with Gasteiger partial charge in [-0.15, -0.1) is 11.3 Å². The summed E-state index contributed by atoms with van der Waals surface area (Å²) < 4.78 is 46.0. The number of para-hydroxylation sites is 1. The summed E-state index contributed by atoms with van der Waals surface area (Å²) in [6, 6.07) is 7.51. The average Bonchev–Trinajstić information content (AvgIpc) is 3.31. The van der Waals surface area contributed by atoms with Gasteiger partial charge in [0.25, 0.3) is 5.91 Å². The van der Waals surface area contributed by atoms with Crippen molar-refractivity contribution in [2.24, 2.45) is 0 Å². The van der Waals surface area contributed by atoms with Crippen LogP contribution in [0.15, 0.2) is 47.8 Å². The topological polar surface area (TPSA) is 92.4 Å². The molecule has 7 nitrogen and oxygen atoms in total. The lowest BCUT2D eigenvalue weighted by molar-refractivity contribution is 0.0911. The van der Waals surface area contributed by atoms with Crippen LogP contribution in [0, 0.1) is 17.5 Å². The van der Waals surface area contributed by atoms with Crippen LogP contribution in [0.2, 0.25) is 0 Å². The van der Waals surface area contributed by atoms with Gasteiger partial charge >= 0.3 is 6.03 Å². The Bertz CT molecular complexity index is 1210. The number of ether oxygens (including phenoxy) is 1. The summed E-state index contributed by atoms with van der Waals surface area (Å²) in [5, 5.41) is 10.1. The van der Waals surface area contributed by atoms with Crippen LogP contribution in [0.4, 0.5) is 23.7 Å². The van der Waals surface area contributed by atoms with Crippen molar-refractivity contribution in [2.75, 3.05) is 5.32 Å². The molecule has 1 aromatic heterocycles. The fraction of sp³-hybridized carbons (Fsp3) is 0.292. The summed E-state index contributed by atoms with van der Waals surface area (Å²) in [7, 11) is 0. The summed E-state index contributed by atoms with van der Waals surface area (Å²) in [4.78, 5) is 29.4. The lowest BCUT2D eigenvalue weighted by Gasteiger charge is -2.32. The zero-order valence-electron chi connectivity index (χ0n) is 18.5. The number of hydrogen-bond acceptors (Lipinski definition) is 5. The van der Waals surface area contributed by atoms with Crippen molar-refractivity contribution in [3.63, 3.8) is 0 Å². The molecule has 3 aromatic rings. The van der Waals surface area contributed by atoms with E-state index < -0.39 is 29.4 Å². The largest absolute Gasteiger partial charge is 0.483 e. The van der Waals surface area contributed by atoms with E-state index in [-0.39, 0.29) is 35.8 Å². The van der Waals surface area contributed by atoms with Gasteiger partial charge in [0.1, 0.15) is 28.9 Å². The SMILES string of the molecule is O=C(Nc1ccc(F)cc1F)N[C@H]1CCCC[C@H]1NC(=O)c1csc(COc2ccccc2F)n1. The van der Waals surface area contributed by atoms with E-state index in [1.54, 1.807) is 17.5 Å². The molecule has 0 bridgehead atoms. The molecule has 3 amide bonds. The molecule has 35 heavy (non-hydrogen) atoms. The zero-order chi connectivity index (χ0) is 24.8. The number of hydrogen-bond donors (Lipinski definition) is 3. The van der Waals surface area contributed by atoms with E-state index in [2.05, 4.69) is 20.9 Å². The van der Waals surface area contributed by atoms with Gasteiger partial charge in [-0.25, -0.2) is 22.9 Å². The Morgan fingerprint density at radius 3 is 2.49 bits per heavy atom. The molecule has 1 fully saturated rings. The van der Waals surface area contributed by atoms with E-state index in [4.69, 9.17) is 4.74 Å². The first-order chi connectivity index (χ1) is 16.9. The van der Waals surface area contributed by atoms with E-state index in [1.165, 1.54) is 23.5 Å². The van der Waals surface area contributed by atoms with Gasteiger partial charge in [-0.05, 0) is 37.1 Å². The number of rotatable bonds is 7. The summed E-state index contributed by atoms with van der Waals surface area (Å²) in [6.45, 7) is 0.0204. The Kier molecular flexibility index (Phi) is 7.86. The molecule has 1 aliphatic carbocycles. The van der Waals surface area contributed by atoms with Crippen molar-refractivity contribution in [2.45, 2.75) is 44.4 Å². The minimum atomic E-state index is -0.882. The van der Waals surface area contributed by atoms with Crippen molar-refractivity contribution in [3.8, 4) is 5.75 Å². The van der Waals surface area contributed by atoms with Crippen molar-refractivity contribution in [3.05, 3.63) is 76.0 Å². The fourth-order valence-electron chi connectivity index (χ4n) is 3.82. The second-order valence-electron chi connectivity index (χ2n) is 8.04. The number of anilines is 1. The normalized spacial score (nSPS) is 17.5. The minimum absolute atomic E-state index is 0.0204. The molecule has 2 aromatic carbocycles. The second kappa shape index (κ2) is 11.2. The highest BCUT2D eigenvalue weighted by molar-refractivity contribution is 7.09. The average molecular weight is 505 g/mol. The van der Waals surface area contributed by atoms with Gasteiger partial charge in [-0.3, -0.25) is 4.79 Å². The van der Waals surface area contributed by atoms with Gasteiger partial charge in [0.15, 0.2) is 11.6 Å². The van der Waals surface area contributed by atoms with Gasteiger partial charge in [0.2, 0.25) is 0 Å². The Morgan fingerprint density at radius 2 is 1.74 bits per heavy atom. The van der Waals surface area contributed by atoms with E-state index in [0.717, 1.165) is 25.0 Å². The predicted octanol–water partition coefficient (Wildman–Crippen LogP) is 5.00. The highest BCUT2D eigenvalue weighted by atomic mass is 32.1. The summed E-state index contributed by atoms with van der Waals surface area (Å²) in [5.74, 6) is -2.41. The van der Waals surface area contributed by atoms with Crippen molar-refractivity contribution < 1.29 is 27.5 Å². The molecule has 0 saturated heterocycles. The van der Waals surface area contributed by atoms with Crippen LogP contribution >= 0.6 is 11.3 Å². The Labute approximate surface area is 203 Å². The van der Waals surface area contributed by atoms with Crippen LogP contribution in [0.5, 0.6) is 5.75 Å². The van der Waals surface area contributed by atoms with Gasteiger partial charge in [-0.2, -0.15) is 0 Å². The van der Waals surface area contributed by atoms with Crippen molar-refractivity contribution >= 4 is 29.0 Å². The molecular weight excluding hydrogens is 481 g/mol. The number of thiazole rings is 1. The number of benzene rings is 2. The van der Waals surface area contributed by atoms with Crippen molar-refractivity contribution in [1.29, 1.82) is 0 Å². The van der Waals surface area contributed by atoms with E-state index in [1.807, 2.05) is 0 Å². The van der Waals surface area contributed by atoms with Crippen LogP contribution in [0.25, 0.3) is 0 Å². The molecule has 4 rings (SSSR count). The minimum Gasteiger partial charge on any atom is -0.483 e. The lowest BCUT2D eigenvalue weighted by Crippen LogP contribution is -2.54. The Morgan fingerprint density at radius 1 is 1.00 bits per heavy atom. The third-order valence-corrected chi connectivity index (χ3v) is 6.37. The van der Waals surface area contributed by atoms with E-state index in [9.17, 15) is 22.8 Å². The number of halogens is 3. The molecule has 11 heteroatoms. The smallest absolute Gasteiger partial charge is 0.319 e. The number of carbonyl (C=O) groups is 2. The van der Waals surface area contributed by atoms with Crippen LogP contribution in [0.3, 0.4) is 0 Å². The Hall–Kier alpha value is -3.60. The standard InChI is InChI=1S/C24H23F3N4O3S/c25-14-9-10-17(16(27)11-14)30-24(33)31-19-7-3-2-6-18(19)29-23(32)20-13-35-22(28-20)12-34-21-8-4-1-5-15(21)26/h1,4-5,8-11,13,18-19H,2-3,6-7,12H2,(H,29,32)(H2,30,31,33)/t18-,19+/m1/s1. The number of urea groups is 1. The second-order valence-corrected chi connectivity index (χ2v) is 8.98. The van der Waals surface area contributed by atoms with Crippen molar-refractivity contribution in [1.82, 2.24) is 15.6 Å². The molecule has 1 heterocycles. The highest BCUT2D eigenvalue weighted by Crippen LogP contribution is 2.22. The monoisotopic (exact) mass is 504 g/mol. The zero-order valence-corrected chi connectivity index (χ0v) is 19.3. The number of nitrogens with zero attached hydrogens (tertiary/aromatic N) is 1. The molecular formula is C24H23F3N4O3S. The number of nitrogens with one attached hydrogen (secondary N) is 3. The van der Waals surface area contributed by atoms with Gasteiger partial charge in [-0.1, -0.05) is 25.0 Å². The fourth-order valence-corrected chi connectivity index (χ4v) is 4.50. The van der Waals surface area contributed by atoms with E-state index in [0.29, 0.717) is 23.9 Å². The molecule has 0 radical (unpaired) electrons. The first kappa shape index (κ1) is 24.5. The van der Waals surface area contributed by atoms with Crippen LogP contribution in [0.1, 0.15) is 41.2 Å². The highest BCUT2D eigenvalue weighted by Gasteiger charge is 2.29. The summed E-state index contributed by atoms with van der Waals surface area (Å²) >= 11 is 1.22. The molecule has 1 aliphatic rings. The molecule has 2 atom stereocenters. The van der Waals surface area contributed by atoms with Gasteiger partial charge < -0.3 is 20.7 Å². The summed E-state index contributed by atoms with van der Waals surface area (Å²) in [5.41, 5.74) is 0.0530. The number of carbonyl (C=O) groups excluding carboxylic acids is 2. The Balaban J connectivity index is 1.32. The quantitative estimate of drug-likeness (QED) is 0.422. The number of aromatic nitrogens is 1. The van der Waals surface area contributed by atoms with Crippen LogP contribution < -0.4 is 20.7 Å². The lowest BCUT2D eigenvalue weighted by atomic mass is 9.90. The third-order valence-electron chi connectivity index (χ3n) is 5.55. The summed E-state index contributed by atoms with van der Waals surface area (Å²) in [6.07, 6.45) is 3.00. The molecule has 1 saturated carbocycles. The molecule has 0 unspecified atom stereocenters. The van der Waals surface area contributed by atoms with Gasteiger partial charge in [0, 0.05) is 17.5 Å². The number of amides is 3. The molecule has 0 spiro atoms. The maximum absolute atomic E-state index is 13.8.